The van der Waals surface area contributed by atoms with Crippen LogP contribution in [0, 0.1) is 20.8 Å². The van der Waals surface area contributed by atoms with Crippen molar-refractivity contribution < 1.29 is 0 Å². The van der Waals surface area contributed by atoms with E-state index in [1.165, 1.54) is 16.7 Å². The van der Waals surface area contributed by atoms with Gasteiger partial charge in [-0.15, -0.1) is 10.2 Å². The van der Waals surface area contributed by atoms with Crippen LogP contribution in [-0.4, -0.2) is 19.6 Å². The Hall–Kier alpha value is -1.94. The second kappa shape index (κ2) is 4.31. The molecule has 0 radical (unpaired) electrons. The van der Waals surface area contributed by atoms with Gasteiger partial charge in [0, 0.05) is 18.0 Å². The van der Waals surface area contributed by atoms with Gasteiger partial charge in [0.25, 0.3) is 0 Å². The maximum Gasteiger partial charge on any atom is 0.198 e. The fourth-order valence-corrected chi connectivity index (χ4v) is 2.68. The number of nitrogens with zero attached hydrogens (tertiary/aromatic N) is 4. The Labute approximate surface area is 116 Å². The van der Waals surface area contributed by atoms with Crippen LogP contribution in [0.2, 0.25) is 5.15 Å². The van der Waals surface area contributed by atoms with Crippen molar-refractivity contribution in [2.24, 2.45) is 0 Å². The molecule has 3 aromatic rings. The summed E-state index contributed by atoms with van der Waals surface area (Å²) in [6, 6.07) is 4.29. The van der Waals surface area contributed by atoms with E-state index in [0.717, 1.165) is 11.4 Å². The molecule has 0 saturated heterocycles. The van der Waals surface area contributed by atoms with Gasteiger partial charge < -0.3 is 0 Å². The smallest absolute Gasteiger partial charge is 0.198 e. The third kappa shape index (κ3) is 1.88. The maximum absolute atomic E-state index is 6.03. The Balaban J connectivity index is 2.34. The monoisotopic (exact) mass is 272 g/mol. The lowest BCUT2D eigenvalue weighted by Crippen LogP contribution is -1.96. The third-order valence-electron chi connectivity index (χ3n) is 3.18. The maximum atomic E-state index is 6.03. The summed E-state index contributed by atoms with van der Waals surface area (Å²) >= 11 is 6.03. The Morgan fingerprint density at radius 1 is 1.05 bits per heavy atom. The van der Waals surface area contributed by atoms with Gasteiger partial charge in [-0.2, -0.15) is 0 Å². The first kappa shape index (κ1) is 12.1. The lowest BCUT2D eigenvalue weighted by molar-refractivity contribution is 1.10. The SMILES string of the molecule is Cc1cc(C)c(-c2nnc3c(Cl)nccn23)c(C)c1. The van der Waals surface area contributed by atoms with Gasteiger partial charge in [-0.1, -0.05) is 29.3 Å². The van der Waals surface area contributed by atoms with E-state index < -0.39 is 0 Å². The van der Waals surface area contributed by atoms with Crippen molar-refractivity contribution in [2.75, 3.05) is 0 Å². The molecule has 2 aromatic heterocycles. The molecule has 0 atom stereocenters. The molecule has 0 amide bonds. The van der Waals surface area contributed by atoms with E-state index >= 15 is 0 Å². The van der Waals surface area contributed by atoms with Gasteiger partial charge in [-0.3, -0.25) is 4.40 Å². The van der Waals surface area contributed by atoms with Gasteiger partial charge in [0.05, 0.1) is 0 Å². The topological polar surface area (TPSA) is 43.1 Å². The van der Waals surface area contributed by atoms with Crippen LogP contribution < -0.4 is 0 Å². The van der Waals surface area contributed by atoms with Crippen LogP contribution in [0.25, 0.3) is 17.0 Å². The van der Waals surface area contributed by atoms with Crippen LogP contribution in [0.1, 0.15) is 16.7 Å². The molecule has 0 aliphatic carbocycles. The van der Waals surface area contributed by atoms with Crippen LogP contribution in [0.4, 0.5) is 0 Å². The summed E-state index contributed by atoms with van der Waals surface area (Å²) in [6.07, 6.45) is 3.48. The number of hydrogen-bond acceptors (Lipinski definition) is 3. The molecule has 0 bridgehead atoms. The van der Waals surface area contributed by atoms with Crippen LogP contribution in [0.15, 0.2) is 24.5 Å². The summed E-state index contributed by atoms with van der Waals surface area (Å²) in [6.45, 7) is 6.25. The minimum atomic E-state index is 0.365. The van der Waals surface area contributed by atoms with Gasteiger partial charge in [0.2, 0.25) is 0 Å². The Morgan fingerprint density at radius 2 is 1.74 bits per heavy atom. The predicted molar refractivity (Wildman–Crippen MR) is 75.4 cm³/mol. The van der Waals surface area contributed by atoms with Gasteiger partial charge in [-0.25, -0.2) is 4.98 Å². The lowest BCUT2D eigenvalue weighted by atomic mass is 9.99. The van der Waals surface area contributed by atoms with Crippen LogP contribution >= 0.6 is 11.6 Å². The van der Waals surface area contributed by atoms with Crippen LogP contribution in [0.5, 0.6) is 0 Å². The summed E-state index contributed by atoms with van der Waals surface area (Å²) < 4.78 is 1.88. The number of benzene rings is 1. The largest absolute Gasteiger partial charge is 0.278 e. The van der Waals surface area contributed by atoms with Gasteiger partial charge >= 0.3 is 0 Å². The second-order valence-corrected chi connectivity index (χ2v) is 5.07. The molecule has 0 unspecified atom stereocenters. The molecule has 19 heavy (non-hydrogen) atoms. The van der Waals surface area contributed by atoms with Crippen molar-refractivity contribution in [1.29, 1.82) is 0 Å². The molecule has 1 aromatic carbocycles. The highest BCUT2D eigenvalue weighted by Gasteiger charge is 2.15. The fourth-order valence-electron chi connectivity index (χ4n) is 2.50. The van der Waals surface area contributed by atoms with Crippen molar-refractivity contribution in [2.45, 2.75) is 20.8 Å². The number of fused-ring (bicyclic) bond motifs is 1. The summed E-state index contributed by atoms with van der Waals surface area (Å²) in [4.78, 5) is 4.02. The van der Waals surface area contributed by atoms with E-state index in [0.29, 0.717) is 10.8 Å². The normalized spacial score (nSPS) is 11.2. The molecule has 4 nitrogen and oxygen atoms in total. The standard InChI is InChI=1S/C14H13ClN4/c1-8-6-9(2)11(10(3)7-8)13-17-18-14-12(15)16-4-5-19(13)14/h4-7H,1-3H3. The molecule has 0 aliphatic rings. The fraction of sp³-hybridized carbons (Fsp3) is 0.214. The van der Waals surface area contributed by atoms with E-state index in [1.54, 1.807) is 6.20 Å². The molecule has 0 N–H and O–H groups in total. The Bertz CT molecular complexity index is 753. The van der Waals surface area contributed by atoms with Crippen LogP contribution in [0.3, 0.4) is 0 Å². The highest BCUT2D eigenvalue weighted by Crippen LogP contribution is 2.28. The highest BCUT2D eigenvalue weighted by atomic mass is 35.5. The average molecular weight is 273 g/mol. The van der Waals surface area contributed by atoms with E-state index in [2.05, 4.69) is 48.1 Å². The first-order chi connectivity index (χ1) is 9.08. The van der Waals surface area contributed by atoms with Crippen molar-refractivity contribution in [3.63, 3.8) is 0 Å². The summed E-state index contributed by atoms with van der Waals surface area (Å²) in [5.74, 6) is 0.800. The van der Waals surface area contributed by atoms with Crippen LogP contribution in [-0.2, 0) is 0 Å². The van der Waals surface area contributed by atoms with E-state index in [-0.39, 0.29) is 0 Å². The summed E-state index contributed by atoms with van der Waals surface area (Å²) in [5.41, 5.74) is 5.28. The third-order valence-corrected chi connectivity index (χ3v) is 3.45. The van der Waals surface area contributed by atoms with Crippen molar-refractivity contribution in [3.05, 3.63) is 46.4 Å². The lowest BCUT2D eigenvalue weighted by Gasteiger charge is -2.09. The number of aryl methyl sites for hydroxylation is 3. The number of rotatable bonds is 1. The molecule has 3 rings (SSSR count). The Kier molecular flexibility index (Phi) is 2.75. The van der Waals surface area contributed by atoms with E-state index in [9.17, 15) is 0 Å². The van der Waals surface area contributed by atoms with Gasteiger partial charge in [0.1, 0.15) is 0 Å². The molecule has 2 heterocycles. The molecule has 0 aliphatic heterocycles. The molecule has 0 fully saturated rings. The van der Waals surface area contributed by atoms with Gasteiger partial charge in [-0.05, 0) is 31.9 Å². The van der Waals surface area contributed by atoms with E-state index in [4.69, 9.17) is 11.6 Å². The Morgan fingerprint density at radius 3 is 2.42 bits per heavy atom. The molecular weight excluding hydrogens is 260 g/mol. The zero-order chi connectivity index (χ0) is 13.6. The predicted octanol–water partition coefficient (Wildman–Crippen LogP) is 3.37. The zero-order valence-electron chi connectivity index (χ0n) is 11.0. The molecular formula is C14H13ClN4. The van der Waals surface area contributed by atoms with E-state index in [1.807, 2.05) is 10.6 Å². The van der Waals surface area contributed by atoms with Gasteiger partial charge in [0.15, 0.2) is 16.6 Å². The first-order valence-corrected chi connectivity index (χ1v) is 6.39. The molecule has 96 valence electrons. The van der Waals surface area contributed by atoms with Crippen molar-refractivity contribution in [1.82, 2.24) is 19.6 Å². The molecule has 0 saturated carbocycles. The number of aromatic nitrogens is 4. The quantitative estimate of drug-likeness (QED) is 0.682. The number of halogens is 1. The molecule has 0 spiro atoms. The first-order valence-electron chi connectivity index (χ1n) is 6.01. The summed E-state index contributed by atoms with van der Waals surface area (Å²) in [5, 5.41) is 8.75. The van der Waals surface area contributed by atoms with Crippen molar-refractivity contribution >= 4 is 17.2 Å². The summed E-state index contributed by atoms with van der Waals surface area (Å²) in [7, 11) is 0. The highest BCUT2D eigenvalue weighted by molar-refractivity contribution is 6.32. The molecule has 5 heteroatoms. The average Bonchev–Trinajstić information content (AvgIpc) is 2.73. The number of hydrogen-bond donors (Lipinski definition) is 0. The van der Waals surface area contributed by atoms with Crippen molar-refractivity contribution in [3.8, 4) is 11.4 Å². The minimum Gasteiger partial charge on any atom is -0.278 e. The second-order valence-electron chi connectivity index (χ2n) is 4.71. The zero-order valence-corrected chi connectivity index (χ0v) is 11.7. The minimum absolute atomic E-state index is 0.365.